The van der Waals surface area contributed by atoms with Crippen LogP contribution in [0.15, 0.2) is 0 Å². The molecule has 4 aliphatic carbocycles. The van der Waals surface area contributed by atoms with E-state index in [9.17, 15) is 86.5 Å². The van der Waals surface area contributed by atoms with Crippen molar-refractivity contribution in [2.45, 2.75) is 295 Å². The second-order valence-electron chi connectivity index (χ2n) is 29.3. The monoisotopic (exact) mass is 1340 g/mol. The van der Waals surface area contributed by atoms with Gasteiger partial charge in [-0.05, 0) is 93.8 Å². The van der Waals surface area contributed by atoms with Crippen molar-refractivity contribution in [1.29, 1.82) is 0 Å². The Morgan fingerprint density at radius 2 is 0.978 bits per heavy atom. The highest BCUT2D eigenvalue weighted by atomic mass is 16.8. The smallest absolute Gasteiger partial charge is 0.187 e. The van der Waals surface area contributed by atoms with Crippen LogP contribution in [0.5, 0.6) is 0 Å². The number of fused-ring (bicyclic) bond motifs is 7. The number of ketones is 1. The number of carbonyl (C=O) groups excluding carboxylic acids is 1. The van der Waals surface area contributed by atoms with Crippen LogP contribution in [-0.2, 0) is 71.1 Å². The molecule has 41 unspecified atom stereocenters. The van der Waals surface area contributed by atoms with Crippen LogP contribution < -0.4 is 0 Å². The third kappa shape index (κ3) is 12.6. The maximum absolute atomic E-state index is 14.8. The van der Waals surface area contributed by atoms with E-state index in [2.05, 4.69) is 27.7 Å². The van der Waals surface area contributed by atoms with Gasteiger partial charge in [0.2, 0.25) is 0 Å². The van der Waals surface area contributed by atoms with E-state index >= 15 is 0 Å². The van der Waals surface area contributed by atoms with Crippen molar-refractivity contribution >= 4 is 5.78 Å². The minimum Gasteiger partial charge on any atom is -0.394 e. The minimum absolute atomic E-state index is 0.0336. The summed E-state index contributed by atoms with van der Waals surface area (Å²) in [5, 5.41) is 177. The van der Waals surface area contributed by atoms with Gasteiger partial charge in [-0.15, -0.1) is 0 Å². The van der Waals surface area contributed by atoms with Crippen LogP contribution in [0.25, 0.3) is 0 Å². The summed E-state index contributed by atoms with van der Waals surface area (Å²) in [5.41, 5.74) is -0.680. The first-order chi connectivity index (χ1) is 44.1. The Labute approximate surface area is 537 Å². The van der Waals surface area contributed by atoms with E-state index in [1.165, 1.54) is 13.8 Å². The number of rotatable bonds is 15. The normalized spacial score (nSPS) is 57.5. The van der Waals surface area contributed by atoms with E-state index < -0.39 is 222 Å². The van der Waals surface area contributed by atoms with Gasteiger partial charge in [0.25, 0.3) is 0 Å². The van der Waals surface area contributed by atoms with E-state index in [-0.39, 0.29) is 41.1 Å². The van der Waals surface area contributed by atoms with E-state index in [4.69, 9.17) is 66.3 Å². The molecule has 8 saturated heterocycles. The van der Waals surface area contributed by atoms with Gasteiger partial charge >= 0.3 is 0 Å². The van der Waals surface area contributed by atoms with Crippen LogP contribution in [0.4, 0.5) is 0 Å². The molecule has 4 saturated carbocycles. The lowest BCUT2D eigenvalue weighted by Crippen LogP contribution is -2.70. The molecule has 12 fully saturated rings. The van der Waals surface area contributed by atoms with Crippen molar-refractivity contribution in [1.82, 2.24) is 0 Å². The van der Waals surface area contributed by atoms with Crippen LogP contribution in [0.2, 0.25) is 0 Å². The first-order valence-electron chi connectivity index (χ1n) is 33.4. The minimum atomic E-state index is -2.18. The van der Waals surface area contributed by atoms with Gasteiger partial charge in [-0.2, -0.15) is 0 Å². The molecule has 0 aromatic heterocycles. The second kappa shape index (κ2) is 27.8. The summed E-state index contributed by atoms with van der Waals surface area (Å²) in [6, 6.07) is 0. The summed E-state index contributed by atoms with van der Waals surface area (Å²) >= 11 is 0. The number of hydrogen-bond acceptors (Lipinski definition) is 31. The lowest BCUT2D eigenvalue weighted by Gasteiger charge is -2.60. The molecule has 0 aromatic carbocycles. The van der Waals surface area contributed by atoms with Gasteiger partial charge < -0.3 is 148 Å². The van der Waals surface area contributed by atoms with Gasteiger partial charge in [-0.3, -0.25) is 4.79 Å². The maximum atomic E-state index is 14.8. The summed E-state index contributed by atoms with van der Waals surface area (Å²) < 4.78 is 86.2. The fraction of sp³-hybridized carbons (Fsp3) is 0.984. The highest BCUT2D eigenvalue weighted by molar-refractivity contribution is 5.87. The van der Waals surface area contributed by atoms with Crippen LogP contribution in [0.1, 0.15) is 99.3 Å². The third-order valence-electron chi connectivity index (χ3n) is 24.0. The summed E-state index contributed by atoms with van der Waals surface area (Å²) in [6.07, 6.45) is -46.5. The molecule has 31 nitrogen and oxygen atoms in total. The quantitative estimate of drug-likeness (QED) is 0.0681. The summed E-state index contributed by atoms with van der Waals surface area (Å²) in [4.78, 5) is 14.8. The lowest BCUT2D eigenvalue weighted by molar-refractivity contribution is -0.417. The fourth-order valence-corrected chi connectivity index (χ4v) is 18.4. The first kappa shape index (κ1) is 71.3. The van der Waals surface area contributed by atoms with Gasteiger partial charge in [-0.1, -0.05) is 27.7 Å². The molecule has 534 valence electrons. The van der Waals surface area contributed by atoms with Crippen molar-refractivity contribution in [3.05, 3.63) is 0 Å². The number of Topliss-reactive ketones (excluding diaryl/α,β-unsaturated/α-hetero) is 1. The topological polar surface area (TPSA) is 470 Å². The molecule has 0 amide bonds. The standard InChI is InChI=1S/C62H100O31/c1-21-9-12-62(81-19-21)22(2)36-31(93-62)14-29-27-8-7-25-13-26(10-11-60(25,5)28(27)15-35(67)61(29,36)6)84-57-47(78)42(73)49(32(16-63)85-57)88-58-48(79)43(74)50(33(17-64)86-58)89-59-53(92-54-44(75)39(70)30(66)20-80-54)52(91-56-46(77)41(72)38(69)24(4)83-56)51(34(18-65)87-59)90-55-45(76)40(71)37(68)23(3)82-55/h21-34,36-59,63-66,68-79H,7-20H2,1-6H3. The Balaban J connectivity index is 0.723. The average Bonchev–Trinajstić information content (AvgIpc) is 1.55. The largest absolute Gasteiger partial charge is 0.394 e. The molecule has 12 aliphatic rings. The molecule has 31 heteroatoms. The molecule has 41 atom stereocenters. The Morgan fingerprint density at radius 1 is 0.473 bits per heavy atom. The third-order valence-corrected chi connectivity index (χ3v) is 24.0. The highest BCUT2D eigenvalue weighted by Gasteiger charge is 2.72. The molecule has 0 aromatic rings. The van der Waals surface area contributed by atoms with Crippen LogP contribution in [0, 0.1) is 52.3 Å². The Kier molecular flexibility index (Phi) is 21.3. The van der Waals surface area contributed by atoms with Gasteiger partial charge in [-0.25, -0.2) is 0 Å². The predicted molar refractivity (Wildman–Crippen MR) is 305 cm³/mol. The number of ether oxygens (including phenoxy) is 14. The first-order valence-corrected chi connectivity index (χ1v) is 33.4. The average molecular weight is 1340 g/mol. The predicted octanol–water partition coefficient (Wildman–Crippen LogP) is -5.39. The number of hydrogen-bond donors (Lipinski definition) is 16. The van der Waals surface area contributed by atoms with Crippen LogP contribution >= 0.6 is 0 Å². The lowest BCUT2D eigenvalue weighted by atomic mass is 9.44. The van der Waals surface area contributed by atoms with Crippen molar-refractivity contribution in [3.63, 3.8) is 0 Å². The van der Waals surface area contributed by atoms with Gasteiger partial charge in [0, 0.05) is 30.1 Å². The zero-order chi connectivity index (χ0) is 66.8. The van der Waals surface area contributed by atoms with Gasteiger partial charge in [0.05, 0.1) is 57.5 Å². The SMILES string of the molecule is CC1CCC2(OC1)OC1CC3C4CCC5CC(OC6OC(CO)C(OC7OC(CO)C(OC8OC(CO)C(OC9OC(C)C(O)C(O)C9O)C(OC9OC(C)C(O)C(O)C9O)C8OC8OCC(O)C(O)C8O)C(O)C7O)C(O)C6O)CCC5(C)C4CC(=O)C3(C)C1C2C. The molecule has 93 heavy (non-hydrogen) atoms. The molecule has 0 bridgehead atoms. The van der Waals surface area contributed by atoms with E-state index in [1.54, 1.807) is 0 Å². The van der Waals surface area contributed by atoms with E-state index in [0.717, 1.165) is 38.5 Å². The Hall–Kier alpha value is -1.53. The van der Waals surface area contributed by atoms with Crippen molar-refractivity contribution in [2.24, 2.45) is 52.3 Å². The molecule has 8 heterocycles. The van der Waals surface area contributed by atoms with Crippen molar-refractivity contribution in [3.8, 4) is 0 Å². The van der Waals surface area contributed by atoms with E-state index in [0.29, 0.717) is 43.5 Å². The van der Waals surface area contributed by atoms with Crippen LogP contribution in [0.3, 0.4) is 0 Å². The maximum Gasteiger partial charge on any atom is 0.187 e. The summed E-state index contributed by atoms with van der Waals surface area (Å²) in [5.74, 6) is 1.20. The molecule has 0 radical (unpaired) electrons. The fourth-order valence-electron chi connectivity index (χ4n) is 18.4. The van der Waals surface area contributed by atoms with Crippen LogP contribution in [-0.4, -0.2) is 317 Å². The highest BCUT2D eigenvalue weighted by Crippen LogP contribution is 2.70. The van der Waals surface area contributed by atoms with Crippen molar-refractivity contribution in [2.75, 3.05) is 33.0 Å². The number of aliphatic hydroxyl groups excluding tert-OH is 16. The summed E-state index contributed by atoms with van der Waals surface area (Å²) in [6.45, 7) is 8.71. The van der Waals surface area contributed by atoms with E-state index in [1.807, 2.05) is 0 Å². The molecular formula is C62H100O31. The molecule has 16 N–H and O–H groups in total. The molecule has 1 spiro atoms. The second-order valence-corrected chi connectivity index (χ2v) is 29.3. The van der Waals surface area contributed by atoms with Gasteiger partial charge in [0.15, 0.2) is 43.5 Å². The Morgan fingerprint density at radius 3 is 1.56 bits per heavy atom. The summed E-state index contributed by atoms with van der Waals surface area (Å²) in [7, 11) is 0. The van der Waals surface area contributed by atoms with Gasteiger partial charge in [0.1, 0.15) is 134 Å². The zero-order valence-corrected chi connectivity index (χ0v) is 53.1. The zero-order valence-electron chi connectivity index (χ0n) is 53.1. The molecular weight excluding hydrogens is 1240 g/mol. The molecule has 12 rings (SSSR count). The van der Waals surface area contributed by atoms with Crippen molar-refractivity contribution < 1.29 is 153 Å². The number of aliphatic hydroxyl groups is 16. The number of carbonyl (C=O) groups is 1. The Bertz CT molecular complexity index is 2520. The molecule has 8 aliphatic heterocycles.